The number of anilines is 1. The molecule has 6 heteroatoms. The van der Waals surface area contributed by atoms with E-state index in [0.29, 0.717) is 12.5 Å². The minimum Gasteiger partial charge on any atom is -0.370 e. The molecule has 1 heterocycles. The number of benzene rings is 1. The summed E-state index contributed by atoms with van der Waals surface area (Å²) in [6.07, 6.45) is 5.55. The van der Waals surface area contributed by atoms with E-state index in [1.807, 2.05) is 6.07 Å². The van der Waals surface area contributed by atoms with E-state index in [0.717, 1.165) is 44.9 Å². The molecule has 0 aromatic heterocycles. The quantitative estimate of drug-likeness (QED) is 0.547. The van der Waals surface area contributed by atoms with Crippen LogP contribution in [0.2, 0.25) is 0 Å². The van der Waals surface area contributed by atoms with Crippen LogP contribution in [0.1, 0.15) is 46.0 Å². The molecule has 1 saturated heterocycles. The first-order valence-corrected chi connectivity index (χ1v) is 11.2. The number of nitrogens with zero attached hydrogens (tertiary/aromatic N) is 3. The van der Waals surface area contributed by atoms with Crippen LogP contribution in [0.5, 0.6) is 0 Å². The second kappa shape index (κ2) is 10.5. The predicted octanol–water partition coefficient (Wildman–Crippen LogP) is 2.86. The summed E-state index contributed by atoms with van der Waals surface area (Å²) in [4.78, 5) is 21.8. The lowest BCUT2D eigenvalue weighted by atomic mass is 10.1. The van der Waals surface area contributed by atoms with E-state index in [-0.39, 0.29) is 18.0 Å². The molecule has 1 saturated carbocycles. The van der Waals surface area contributed by atoms with Crippen molar-refractivity contribution < 1.29 is 4.79 Å². The Balaban J connectivity index is 1.52. The SMILES string of the molecule is CCNC(=NCC(C)N(C)c1ccccc1)NC1CCN(C(=O)C2CCCC2)C1. The number of carbonyl (C=O) groups is 1. The third kappa shape index (κ3) is 5.87. The fraction of sp³-hybridized carbons (Fsp3) is 0.652. The molecule has 3 rings (SSSR count). The van der Waals surface area contributed by atoms with E-state index in [2.05, 4.69) is 65.6 Å². The zero-order valence-corrected chi connectivity index (χ0v) is 18.2. The van der Waals surface area contributed by atoms with Crippen molar-refractivity contribution in [3.05, 3.63) is 30.3 Å². The Hall–Kier alpha value is -2.24. The molecular weight excluding hydrogens is 362 g/mol. The molecule has 1 aromatic rings. The highest BCUT2D eigenvalue weighted by molar-refractivity contribution is 5.81. The first-order chi connectivity index (χ1) is 14.1. The first-order valence-electron chi connectivity index (χ1n) is 11.2. The van der Waals surface area contributed by atoms with E-state index in [1.165, 1.54) is 18.5 Å². The maximum Gasteiger partial charge on any atom is 0.225 e. The number of likely N-dealkylation sites (N-methyl/N-ethyl adjacent to an activating group) is 1. The van der Waals surface area contributed by atoms with Crippen LogP contribution in [0.25, 0.3) is 0 Å². The monoisotopic (exact) mass is 399 g/mol. The van der Waals surface area contributed by atoms with E-state index in [4.69, 9.17) is 4.99 Å². The largest absolute Gasteiger partial charge is 0.370 e. The van der Waals surface area contributed by atoms with Crippen molar-refractivity contribution in [2.75, 3.05) is 38.1 Å². The molecule has 160 valence electrons. The molecule has 1 aromatic carbocycles. The number of amides is 1. The summed E-state index contributed by atoms with van der Waals surface area (Å²) in [5, 5.41) is 6.91. The normalized spacial score (nSPS) is 21.3. The molecule has 2 unspecified atom stereocenters. The zero-order chi connectivity index (χ0) is 20.6. The Morgan fingerprint density at radius 1 is 1.24 bits per heavy atom. The molecule has 1 aliphatic heterocycles. The third-order valence-electron chi connectivity index (χ3n) is 6.23. The molecule has 0 radical (unpaired) electrons. The number of hydrogen-bond acceptors (Lipinski definition) is 3. The second-order valence-corrected chi connectivity index (χ2v) is 8.41. The van der Waals surface area contributed by atoms with Crippen LogP contribution >= 0.6 is 0 Å². The molecule has 2 fully saturated rings. The standard InChI is InChI=1S/C23H37N5O/c1-4-24-23(25-16-18(2)27(3)21-12-6-5-7-13-21)26-20-14-15-28(17-20)22(29)19-10-8-9-11-19/h5-7,12-13,18-20H,4,8-11,14-17H2,1-3H3,(H2,24,25,26). The fourth-order valence-electron chi connectivity index (χ4n) is 4.29. The van der Waals surface area contributed by atoms with Crippen LogP contribution in [-0.4, -0.2) is 62.1 Å². The molecule has 29 heavy (non-hydrogen) atoms. The van der Waals surface area contributed by atoms with Gasteiger partial charge in [0.25, 0.3) is 0 Å². The van der Waals surface area contributed by atoms with Crippen molar-refractivity contribution >= 4 is 17.6 Å². The summed E-state index contributed by atoms with van der Waals surface area (Å²) in [5.74, 6) is 1.48. The van der Waals surface area contributed by atoms with Gasteiger partial charge in [-0.2, -0.15) is 0 Å². The van der Waals surface area contributed by atoms with Crippen LogP contribution in [0.3, 0.4) is 0 Å². The van der Waals surface area contributed by atoms with Crippen molar-refractivity contribution in [2.45, 2.75) is 58.0 Å². The van der Waals surface area contributed by atoms with Crippen LogP contribution in [0.15, 0.2) is 35.3 Å². The van der Waals surface area contributed by atoms with E-state index in [9.17, 15) is 4.79 Å². The van der Waals surface area contributed by atoms with Crippen LogP contribution in [-0.2, 0) is 4.79 Å². The highest BCUT2D eigenvalue weighted by Gasteiger charge is 2.32. The summed E-state index contributed by atoms with van der Waals surface area (Å²) in [6.45, 7) is 7.46. The lowest BCUT2D eigenvalue weighted by molar-refractivity contribution is -0.134. The Bertz CT molecular complexity index is 671. The molecular formula is C23H37N5O. The van der Waals surface area contributed by atoms with Crippen molar-refractivity contribution in [1.82, 2.24) is 15.5 Å². The average Bonchev–Trinajstić information content (AvgIpc) is 3.44. The molecule has 1 aliphatic carbocycles. The van der Waals surface area contributed by atoms with Gasteiger partial charge in [-0.3, -0.25) is 9.79 Å². The van der Waals surface area contributed by atoms with Crippen molar-refractivity contribution in [1.29, 1.82) is 0 Å². The van der Waals surface area contributed by atoms with Gasteiger partial charge in [-0.05, 0) is 45.2 Å². The van der Waals surface area contributed by atoms with E-state index in [1.54, 1.807) is 0 Å². The number of rotatable bonds is 7. The lowest BCUT2D eigenvalue weighted by Crippen LogP contribution is -2.46. The number of likely N-dealkylation sites (tertiary alicyclic amines) is 1. The first kappa shape index (κ1) is 21.5. The maximum atomic E-state index is 12.7. The number of carbonyl (C=O) groups excluding carboxylic acids is 1. The van der Waals surface area contributed by atoms with Crippen molar-refractivity contribution in [3.63, 3.8) is 0 Å². The summed E-state index contributed by atoms with van der Waals surface area (Å²) in [5.41, 5.74) is 1.20. The van der Waals surface area contributed by atoms with Crippen molar-refractivity contribution in [3.8, 4) is 0 Å². The van der Waals surface area contributed by atoms with Crippen molar-refractivity contribution in [2.24, 2.45) is 10.9 Å². The molecule has 6 nitrogen and oxygen atoms in total. The Labute approximate surface area is 175 Å². The number of nitrogens with one attached hydrogen (secondary N) is 2. The molecule has 2 N–H and O–H groups in total. The van der Waals surface area contributed by atoms with Gasteiger partial charge in [0.1, 0.15) is 0 Å². The van der Waals surface area contributed by atoms with Gasteiger partial charge < -0.3 is 20.4 Å². The van der Waals surface area contributed by atoms with Gasteiger partial charge in [-0.15, -0.1) is 0 Å². The smallest absolute Gasteiger partial charge is 0.225 e. The Morgan fingerprint density at radius 3 is 2.66 bits per heavy atom. The van der Waals surface area contributed by atoms with E-state index >= 15 is 0 Å². The van der Waals surface area contributed by atoms with Crippen LogP contribution in [0.4, 0.5) is 5.69 Å². The predicted molar refractivity (Wildman–Crippen MR) is 120 cm³/mol. The Morgan fingerprint density at radius 2 is 1.97 bits per heavy atom. The lowest BCUT2D eigenvalue weighted by Gasteiger charge is -2.26. The van der Waals surface area contributed by atoms with Gasteiger partial charge in [0.2, 0.25) is 5.91 Å². The summed E-state index contributed by atoms with van der Waals surface area (Å²) >= 11 is 0. The second-order valence-electron chi connectivity index (χ2n) is 8.41. The van der Waals surface area contributed by atoms with Gasteiger partial charge in [0.15, 0.2) is 5.96 Å². The number of para-hydroxylation sites is 1. The number of hydrogen-bond donors (Lipinski definition) is 2. The van der Waals surface area contributed by atoms with Gasteiger partial charge in [-0.25, -0.2) is 0 Å². The molecule has 0 bridgehead atoms. The zero-order valence-electron chi connectivity index (χ0n) is 18.2. The maximum absolute atomic E-state index is 12.7. The highest BCUT2D eigenvalue weighted by Crippen LogP contribution is 2.27. The van der Waals surface area contributed by atoms with Gasteiger partial charge >= 0.3 is 0 Å². The third-order valence-corrected chi connectivity index (χ3v) is 6.23. The van der Waals surface area contributed by atoms with Gasteiger partial charge in [0, 0.05) is 50.4 Å². The van der Waals surface area contributed by atoms with Gasteiger partial charge in [0.05, 0.1) is 6.54 Å². The summed E-state index contributed by atoms with van der Waals surface area (Å²) in [7, 11) is 2.11. The van der Waals surface area contributed by atoms with Crippen LogP contribution in [0, 0.1) is 5.92 Å². The molecule has 2 aliphatic rings. The Kier molecular flexibility index (Phi) is 7.78. The summed E-state index contributed by atoms with van der Waals surface area (Å²) in [6, 6.07) is 11.0. The molecule has 0 spiro atoms. The topological polar surface area (TPSA) is 60.0 Å². The number of guanidine groups is 1. The average molecular weight is 400 g/mol. The fourth-order valence-corrected chi connectivity index (χ4v) is 4.29. The van der Waals surface area contributed by atoms with Crippen LogP contribution < -0.4 is 15.5 Å². The minimum absolute atomic E-state index is 0.269. The summed E-state index contributed by atoms with van der Waals surface area (Å²) < 4.78 is 0. The minimum atomic E-state index is 0.269. The number of aliphatic imine (C=N–C) groups is 1. The molecule has 1 amide bonds. The highest BCUT2D eigenvalue weighted by atomic mass is 16.2. The van der Waals surface area contributed by atoms with Gasteiger partial charge in [-0.1, -0.05) is 31.0 Å². The van der Waals surface area contributed by atoms with E-state index < -0.39 is 0 Å². The molecule has 2 atom stereocenters.